The largest absolute Gasteiger partial charge is 0.496 e. The second-order valence-electron chi connectivity index (χ2n) is 7.11. The van der Waals surface area contributed by atoms with Crippen LogP contribution in [0.15, 0.2) is 78.9 Å². The van der Waals surface area contributed by atoms with Crippen LogP contribution < -0.4 is 10.1 Å². The van der Waals surface area contributed by atoms with Crippen molar-refractivity contribution in [3.8, 4) is 17.1 Å². The van der Waals surface area contributed by atoms with Crippen molar-refractivity contribution in [3.05, 3.63) is 100 Å². The van der Waals surface area contributed by atoms with Gasteiger partial charge < -0.3 is 10.1 Å². The van der Waals surface area contributed by atoms with Crippen molar-refractivity contribution in [3.63, 3.8) is 0 Å². The maximum absolute atomic E-state index is 6.09. The number of hydrogen-bond acceptors (Lipinski definition) is 4. The summed E-state index contributed by atoms with van der Waals surface area (Å²) in [6.07, 6.45) is 2.12. The van der Waals surface area contributed by atoms with Gasteiger partial charge in [0.2, 0.25) is 5.95 Å². The lowest BCUT2D eigenvalue weighted by Crippen LogP contribution is -2.20. The molecule has 1 atom stereocenters. The zero-order valence-corrected chi connectivity index (χ0v) is 18.1. The molecule has 0 saturated carbocycles. The van der Waals surface area contributed by atoms with Gasteiger partial charge in [-0.2, -0.15) is 4.98 Å². The van der Waals surface area contributed by atoms with Crippen LogP contribution in [0.2, 0.25) is 10.0 Å². The molecule has 0 unspecified atom stereocenters. The average molecular weight is 449 g/mol. The molecule has 1 N–H and O–H groups in total. The smallest absolute Gasteiger partial charge is 0.227 e. The molecule has 0 bridgehead atoms. The van der Waals surface area contributed by atoms with Gasteiger partial charge in [-0.1, -0.05) is 53.5 Å². The Morgan fingerprint density at radius 3 is 2.19 bits per heavy atom. The monoisotopic (exact) mass is 448 g/mol. The Hall–Kier alpha value is -3.28. The lowest BCUT2D eigenvalue weighted by molar-refractivity contribution is 0.404. The SMILES string of the molecule is COc1ccccc1[C@@H]1C=C(c2ccc(Cl)cc2)Nc2nc(-c3ccc(Cl)cc3)nn21. The van der Waals surface area contributed by atoms with E-state index in [4.69, 9.17) is 38.0 Å². The molecule has 1 aliphatic rings. The number of para-hydroxylation sites is 1. The quantitative estimate of drug-likeness (QED) is 0.396. The molecule has 0 saturated heterocycles. The first kappa shape index (κ1) is 19.7. The first-order chi connectivity index (χ1) is 15.1. The average Bonchev–Trinajstić information content (AvgIpc) is 3.23. The summed E-state index contributed by atoms with van der Waals surface area (Å²) in [4.78, 5) is 4.77. The molecule has 0 radical (unpaired) electrons. The highest BCUT2D eigenvalue weighted by molar-refractivity contribution is 6.30. The van der Waals surface area contributed by atoms with Crippen molar-refractivity contribution in [2.24, 2.45) is 0 Å². The van der Waals surface area contributed by atoms with E-state index in [1.54, 1.807) is 7.11 Å². The molecular formula is C24H18Cl2N4O. The minimum Gasteiger partial charge on any atom is -0.496 e. The van der Waals surface area contributed by atoms with Crippen molar-refractivity contribution < 1.29 is 4.74 Å². The Balaban J connectivity index is 1.64. The number of benzene rings is 3. The summed E-state index contributed by atoms with van der Waals surface area (Å²) in [5.41, 5.74) is 3.81. The molecular weight excluding hydrogens is 431 g/mol. The molecule has 0 amide bonds. The van der Waals surface area contributed by atoms with Gasteiger partial charge in [-0.3, -0.25) is 0 Å². The van der Waals surface area contributed by atoms with Crippen LogP contribution in [0.25, 0.3) is 17.1 Å². The van der Waals surface area contributed by atoms with Gasteiger partial charge in [-0.15, -0.1) is 5.10 Å². The number of halogens is 2. The Bertz CT molecular complexity index is 1260. The number of nitrogens with one attached hydrogen (secondary N) is 1. The summed E-state index contributed by atoms with van der Waals surface area (Å²) in [6, 6.07) is 22.9. The minimum atomic E-state index is -0.202. The van der Waals surface area contributed by atoms with Gasteiger partial charge in [0.15, 0.2) is 5.82 Å². The van der Waals surface area contributed by atoms with E-state index in [2.05, 4.69) is 11.4 Å². The lowest BCUT2D eigenvalue weighted by atomic mass is 10.0. The molecule has 1 aliphatic heterocycles. The topological polar surface area (TPSA) is 52.0 Å². The highest BCUT2D eigenvalue weighted by Gasteiger charge is 2.27. The van der Waals surface area contributed by atoms with Crippen LogP contribution in [0.5, 0.6) is 5.75 Å². The standard InChI is InChI=1S/C24H18Cl2N4O/c1-31-22-5-3-2-4-19(22)21-14-20(15-6-10-17(25)11-7-15)27-24-28-23(29-30(21)24)16-8-12-18(26)13-9-16/h2-14,21H,1H3,(H,27,28,29)/t21-/m0/s1. The maximum Gasteiger partial charge on any atom is 0.227 e. The summed E-state index contributed by atoms with van der Waals surface area (Å²) < 4.78 is 7.51. The van der Waals surface area contributed by atoms with Crippen LogP contribution in [-0.4, -0.2) is 21.9 Å². The lowest BCUT2D eigenvalue weighted by Gasteiger charge is -2.25. The predicted octanol–water partition coefficient (Wildman–Crippen LogP) is 6.32. The predicted molar refractivity (Wildman–Crippen MR) is 125 cm³/mol. The van der Waals surface area contributed by atoms with Crippen LogP contribution in [-0.2, 0) is 0 Å². The summed E-state index contributed by atoms with van der Waals surface area (Å²) in [5.74, 6) is 2.05. The molecule has 2 heterocycles. The van der Waals surface area contributed by atoms with Crippen LogP contribution in [0.3, 0.4) is 0 Å². The minimum absolute atomic E-state index is 0.202. The molecule has 1 aromatic heterocycles. The number of nitrogens with zero attached hydrogens (tertiary/aromatic N) is 3. The van der Waals surface area contributed by atoms with E-state index in [9.17, 15) is 0 Å². The Kier molecular flexibility index (Phi) is 5.14. The number of fused-ring (bicyclic) bond motifs is 1. The normalized spacial score (nSPS) is 15.1. The van der Waals surface area contributed by atoms with E-state index in [1.165, 1.54) is 0 Å². The summed E-state index contributed by atoms with van der Waals surface area (Å²) in [5, 5.41) is 9.58. The van der Waals surface area contributed by atoms with E-state index in [-0.39, 0.29) is 6.04 Å². The van der Waals surface area contributed by atoms with Crippen LogP contribution >= 0.6 is 23.2 Å². The molecule has 0 fully saturated rings. The number of rotatable bonds is 4. The van der Waals surface area contributed by atoms with E-state index >= 15 is 0 Å². The molecule has 3 aromatic carbocycles. The Morgan fingerprint density at radius 2 is 1.52 bits per heavy atom. The fraction of sp³-hybridized carbons (Fsp3) is 0.0833. The van der Waals surface area contributed by atoms with Crippen LogP contribution in [0, 0.1) is 0 Å². The van der Waals surface area contributed by atoms with Gasteiger partial charge in [-0.25, -0.2) is 4.68 Å². The molecule has 154 valence electrons. The maximum atomic E-state index is 6.09. The number of aromatic nitrogens is 3. The summed E-state index contributed by atoms with van der Waals surface area (Å²) in [6.45, 7) is 0. The molecule has 7 heteroatoms. The highest BCUT2D eigenvalue weighted by Crippen LogP contribution is 2.37. The van der Waals surface area contributed by atoms with E-state index in [0.29, 0.717) is 21.8 Å². The van der Waals surface area contributed by atoms with Gasteiger partial charge in [0.1, 0.15) is 11.8 Å². The van der Waals surface area contributed by atoms with E-state index in [0.717, 1.165) is 28.1 Å². The Morgan fingerprint density at radius 1 is 0.871 bits per heavy atom. The number of allylic oxidation sites excluding steroid dienone is 1. The zero-order valence-electron chi connectivity index (χ0n) is 16.6. The highest BCUT2D eigenvalue weighted by atomic mass is 35.5. The fourth-order valence-electron chi connectivity index (χ4n) is 3.64. The van der Waals surface area contributed by atoms with Crippen molar-refractivity contribution in [1.82, 2.24) is 14.8 Å². The van der Waals surface area contributed by atoms with Gasteiger partial charge in [0.25, 0.3) is 0 Å². The van der Waals surface area contributed by atoms with E-state index < -0.39 is 0 Å². The zero-order chi connectivity index (χ0) is 21.4. The molecule has 5 nitrogen and oxygen atoms in total. The van der Waals surface area contributed by atoms with Crippen molar-refractivity contribution >= 4 is 34.8 Å². The number of methoxy groups -OCH3 is 1. The third kappa shape index (κ3) is 3.78. The van der Waals surface area contributed by atoms with Crippen LogP contribution in [0.4, 0.5) is 5.95 Å². The number of ether oxygens (including phenoxy) is 1. The van der Waals surface area contributed by atoms with Crippen molar-refractivity contribution in [2.75, 3.05) is 12.4 Å². The van der Waals surface area contributed by atoms with Gasteiger partial charge in [0, 0.05) is 26.9 Å². The number of anilines is 1. The molecule has 0 spiro atoms. The van der Waals surface area contributed by atoms with E-state index in [1.807, 2.05) is 77.5 Å². The second-order valence-corrected chi connectivity index (χ2v) is 7.98. The third-order valence-corrected chi connectivity index (χ3v) is 5.68. The summed E-state index contributed by atoms with van der Waals surface area (Å²) in [7, 11) is 1.67. The second kappa shape index (κ2) is 8.10. The first-order valence-electron chi connectivity index (χ1n) is 9.72. The van der Waals surface area contributed by atoms with Gasteiger partial charge in [-0.05, 0) is 54.1 Å². The third-order valence-electron chi connectivity index (χ3n) is 5.18. The number of hydrogen-bond donors (Lipinski definition) is 1. The summed E-state index contributed by atoms with van der Waals surface area (Å²) >= 11 is 12.1. The molecule has 4 aromatic rings. The molecule has 5 rings (SSSR count). The Labute approximate surface area is 189 Å². The van der Waals surface area contributed by atoms with Crippen LogP contribution in [0.1, 0.15) is 17.2 Å². The molecule has 0 aliphatic carbocycles. The van der Waals surface area contributed by atoms with Gasteiger partial charge in [0.05, 0.1) is 7.11 Å². The fourth-order valence-corrected chi connectivity index (χ4v) is 3.90. The molecule has 31 heavy (non-hydrogen) atoms. The first-order valence-corrected chi connectivity index (χ1v) is 10.5. The van der Waals surface area contributed by atoms with Gasteiger partial charge >= 0.3 is 0 Å². The van der Waals surface area contributed by atoms with Crippen molar-refractivity contribution in [2.45, 2.75) is 6.04 Å². The van der Waals surface area contributed by atoms with Crippen molar-refractivity contribution in [1.29, 1.82) is 0 Å².